The number of fused-ring (bicyclic) bond motifs is 1. The van der Waals surface area contributed by atoms with E-state index >= 15 is 0 Å². The number of morpholine rings is 1. The van der Waals surface area contributed by atoms with Crippen molar-refractivity contribution >= 4 is 52.1 Å². The SMILES string of the molecule is Cc1nn(C)cc1-c1nc2ncc(Cl)c(Oc3ccc(C(=O)N4CCOC(CC(=O)NC5(C)CCN(c6ccc([C@@H]7CCC(=O)NC7=O)cc6)CC5)C4)cc3)c2[nH]1. The van der Waals surface area contributed by atoms with Crippen molar-refractivity contribution in [3.63, 3.8) is 0 Å². The fourth-order valence-corrected chi connectivity index (χ4v) is 8.05. The fraction of sp³-hybridized carbons (Fsp3) is 0.390. The summed E-state index contributed by atoms with van der Waals surface area (Å²) < 4.78 is 13.9. The molecule has 3 aromatic heterocycles. The molecule has 3 fully saturated rings. The Hall–Kier alpha value is -5.80. The monoisotopic (exact) mass is 793 g/mol. The number of rotatable bonds is 9. The molecule has 2 atom stereocenters. The highest BCUT2D eigenvalue weighted by Crippen LogP contribution is 2.36. The van der Waals surface area contributed by atoms with Gasteiger partial charge < -0.3 is 29.6 Å². The lowest BCUT2D eigenvalue weighted by Crippen LogP contribution is -2.54. The van der Waals surface area contributed by atoms with E-state index in [0.717, 1.165) is 48.4 Å². The van der Waals surface area contributed by atoms with Gasteiger partial charge in [-0.25, -0.2) is 9.97 Å². The third kappa shape index (κ3) is 8.21. The van der Waals surface area contributed by atoms with Crippen LogP contribution in [0.15, 0.2) is 60.9 Å². The maximum Gasteiger partial charge on any atom is 0.254 e. The lowest BCUT2D eigenvalue weighted by atomic mass is 9.88. The van der Waals surface area contributed by atoms with E-state index in [4.69, 9.17) is 21.1 Å². The molecule has 2 aromatic carbocycles. The average Bonchev–Trinajstić information content (AvgIpc) is 3.78. The Morgan fingerprint density at radius 1 is 1.07 bits per heavy atom. The number of nitrogens with one attached hydrogen (secondary N) is 3. The van der Waals surface area contributed by atoms with Crippen LogP contribution in [0.3, 0.4) is 0 Å². The van der Waals surface area contributed by atoms with Crippen LogP contribution >= 0.6 is 11.6 Å². The minimum Gasteiger partial charge on any atom is -0.453 e. The first-order valence-corrected chi connectivity index (χ1v) is 19.5. The van der Waals surface area contributed by atoms with Crippen molar-refractivity contribution in [2.24, 2.45) is 7.05 Å². The number of H-pyrrole nitrogens is 1. The predicted octanol–water partition coefficient (Wildman–Crippen LogP) is 5.04. The Morgan fingerprint density at radius 3 is 2.53 bits per heavy atom. The molecule has 1 unspecified atom stereocenters. The second-order valence-electron chi connectivity index (χ2n) is 15.3. The molecule has 57 heavy (non-hydrogen) atoms. The number of ether oxygens (including phenoxy) is 2. The van der Waals surface area contributed by atoms with Crippen LogP contribution in [-0.2, 0) is 26.2 Å². The lowest BCUT2D eigenvalue weighted by molar-refractivity contribution is -0.134. The smallest absolute Gasteiger partial charge is 0.254 e. The highest BCUT2D eigenvalue weighted by atomic mass is 35.5. The quantitative estimate of drug-likeness (QED) is 0.172. The molecule has 3 N–H and O–H groups in total. The number of aromatic amines is 1. The molecule has 3 aliphatic heterocycles. The van der Waals surface area contributed by atoms with Crippen molar-refractivity contribution in [1.82, 2.24) is 40.3 Å². The molecular formula is C41H44ClN9O6. The van der Waals surface area contributed by atoms with Gasteiger partial charge in [-0.2, -0.15) is 5.10 Å². The molecule has 5 aromatic rings. The van der Waals surface area contributed by atoms with Crippen LogP contribution in [0.2, 0.25) is 5.02 Å². The average molecular weight is 794 g/mol. The van der Waals surface area contributed by atoms with E-state index in [1.807, 2.05) is 44.4 Å². The number of imidazole rings is 1. The summed E-state index contributed by atoms with van der Waals surface area (Å²) in [7, 11) is 1.85. The van der Waals surface area contributed by atoms with Crippen molar-refractivity contribution in [3.8, 4) is 22.9 Å². The summed E-state index contributed by atoms with van der Waals surface area (Å²) in [5, 5.41) is 10.4. The Balaban J connectivity index is 0.830. The molecular weight excluding hydrogens is 750 g/mol. The molecule has 0 bridgehead atoms. The third-order valence-corrected chi connectivity index (χ3v) is 11.3. The van der Waals surface area contributed by atoms with E-state index < -0.39 is 6.10 Å². The van der Waals surface area contributed by atoms with Gasteiger partial charge in [0.15, 0.2) is 11.4 Å². The maximum atomic E-state index is 13.6. The lowest BCUT2D eigenvalue weighted by Gasteiger charge is -2.41. The number of halogens is 1. The van der Waals surface area contributed by atoms with Gasteiger partial charge in [-0.05, 0) is 75.1 Å². The fourth-order valence-electron chi connectivity index (χ4n) is 7.87. The van der Waals surface area contributed by atoms with Crippen LogP contribution in [0, 0.1) is 6.92 Å². The molecule has 296 valence electrons. The first-order chi connectivity index (χ1) is 27.4. The van der Waals surface area contributed by atoms with Gasteiger partial charge in [0, 0.05) is 62.6 Å². The summed E-state index contributed by atoms with van der Waals surface area (Å²) in [6.45, 7) is 6.54. The molecule has 8 rings (SSSR count). The minimum atomic E-state index is -0.428. The number of hydrogen-bond acceptors (Lipinski definition) is 10. The standard InChI is InChI=1S/C41H44ClN9O6/c1-24-31(23-49(3)48-24)37-45-35-36(32(42)21-43-38(35)46-37)57-28-10-6-26(7-11-28)40(55)51-18-19-56-29(22-51)20-34(53)47-41(2)14-16-50(17-15-41)27-8-4-25(5-9-27)30-12-13-33(52)44-39(30)54/h4-11,21,23,29-30H,12-20,22H2,1-3H3,(H,47,53)(H,43,45,46)(H,44,52,54)/t29?,30-/m0/s1. The van der Waals surface area contributed by atoms with Gasteiger partial charge in [-0.3, -0.25) is 29.2 Å². The van der Waals surface area contributed by atoms with Gasteiger partial charge in [0.25, 0.3) is 5.91 Å². The number of nitrogens with zero attached hydrogens (tertiary/aromatic N) is 6. The Kier molecular flexibility index (Phi) is 10.4. The predicted molar refractivity (Wildman–Crippen MR) is 212 cm³/mol. The Morgan fingerprint density at radius 2 is 1.82 bits per heavy atom. The number of imide groups is 1. The Labute approximate surface area is 334 Å². The van der Waals surface area contributed by atoms with Crippen molar-refractivity contribution in [1.29, 1.82) is 0 Å². The van der Waals surface area contributed by atoms with Crippen LogP contribution in [0.5, 0.6) is 11.5 Å². The normalized spacial score (nSPS) is 19.7. The summed E-state index contributed by atoms with van der Waals surface area (Å²) in [6.07, 6.45) is 5.47. The number of anilines is 1. The van der Waals surface area contributed by atoms with Gasteiger partial charge in [0.2, 0.25) is 17.7 Å². The number of aromatic nitrogens is 5. The second kappa shape index (κ2) is 15.6. The molecule has 0 saturated carbocycles. The van der Waals surface area contributed by atoms with Crippen molar-refractivity contribution in [2.45, 2.75) is 63.5 Å². The molecule has 0 aliphatic carbocycles. The van der Waals surface area contributed by atoms with E-state index in [1.54, 1.807) is 33.8 Å². The van der Waals surface area contributed by atoms with Crippen LogP contribution < -0.4 is 20.3 Å². The zero-order valence-corrected chi connectivity index (χ0v) is 32.8. The summed E-state index contributed by atoms with van der Waals surface area (Å²) in [5.74, 6) is 0.411. The van der Waals surface area contributed by atoms with Gasteiger partial charge in [-0.1, -0.05) is 23.7 Å². The van der Waals surface area contributed by atoms with E-state index in [2.05, 4.69) is 42.5 Å². The molecule has 6 heterocycles. The molecule has 3 aliphatic rings. The first kappa shape index (κ1) is 38.1. The van der Waals surface area contributed by atoms with Gasteiger partial charge >= 0.3 is 0 Å². The maximum absolute atomic E-state index is 13.6. The summed E-state index contributed by atoms with van der Waals surface area (Å²) in [4.78, 5) is 67.0. The van der Waals surface area contributed by atoms with Crippen LogP contribution in [-0.4, -0.2) is 97.7 Å². The second-order valence-corrected chi connectivity index (χ2v) is 15.7. The molecule has 4 amide bonds. The van der Waals surface area contributed by atoms with E-state index in [1.165, 1.54) is 6.20 Å². The third-order valence-electron chi connectivity index (χ3n) is 11.1. The summed E-state index contributed by atoms with van der Waals surface area (Å²) in [6, 6.07) is 14.8. The Bertz CT molecular complexity index is 2330. The zero-order chi connectivity index (χ0) is 39.8. The molecule has 3 saturated heterocycles. The van der Waals surface area contributed by atoms with E-state index in [9.17, 15) is 19.2 Å². The number of hydrogen-bond donors (Lipinski definition) is 3. The molecule has 15 nitrogen and oxygen atoms in total. The van der Waals surface area contributed by atoms with Gasteiger partial charge in [0.1, 0.15) is 22.1 Å². The van der Waals surface area contributed by atoms with Crippen LogP contribution in [0.25, 0.3) is 22.6 Å². The van der Waals surface area contributed by atoms with Gasteiger partial charge in [0.05, 0.1) is 42.5 Å². The minimum absolute atomic E-state index is 0.107. The van der Waals surface area contributed by atoms with E-state index in [0.29, 0.717) is 71.6 Å². The first-order valence-electron chi connectivity index (χ1n) is 19.1. The topological polar surface area (TPSA) is 177 Å². The van der Waals surface area contributed by atoms with E-state index in [-0.39, 0.29) is 41.5 Å². The molecule has 0 radical (unpaired) electrons. The number of benzene rings is 2. The number of piperidine rings is 2. The van der Waals surface area contributed by atoms with Gasteiger partial charge in [-0.15, -0.1) is 0 Å². The largest absolute Gasteiger partial charge is 0.453 e. The summed E-state index contributed by atoms with van der Waals surface area (Å²) >= 11 is 6.53. The highest BCUT2D eigenvalue weighted by molar-refractivity contribution is 6.32. The number of pyridine rings is 1. The number of carbonyl (C=O) groups excluding carboxylic acids is 4. The summed E-state index contributed by atoms with van der Waals surface area (Å²) in [5.41, 5.74) is 4.71. The highest BCUT2D eigenvalue weighted by Gasteiger charge is 2.34. The van der Waals surface area contributed by atoms with Crippen molar-refractivity contribution in [2.75, 3.05) is 37.7 Å². The number of amides is 4. The van der Waals surface area contributed by atoms with Crippen molar-refractivity contribution < 1.29 is 28.7 Å². The van der Waals surface area contributed by atoms with Crippen LogP contribution in [0.1, 0.15) is 66.6 Å². The zero-order valence-electron chi connectivity index (χ0n) is 32.0. The molecule has 0 spiro atoms. The van der Waals surface area contributed by atoms with Crippen LogP contribution in [0.4, 0.5) is 5.69 Å². The number of carbonyl (C=O) groups is 4. The number of aryl methyl sites for hydroxylation is 2. The van der Waals surface area contributed by atoms with Crippen molar-refractivity contribution in [3.05, 3.63) is 82.8 Å². The molecule has 16 heteroatoms.